The van der Waals surface area contributed by atoms with E-state index in [2.05, 4.69) is 17.2 Å². The van der Waals surface area contributed by atoms with Gasteiger partial charge >= 0.3 is 0 Å². The number of hydrogen-bond donors (Lipinski definition) is 1. The Kier molecular flexibility index (Phi) is 2.14. The molecule has 2 aliphatic carbocycles. The quantitative estimate of drug-likeness (QED) is 0.666. The van der Waals surface area contributed by atoms with Crippen LogP contribution >= 0.6 is 0 Å². The maximum absolute atomic E-state index is 9.84. The van der Waals surface area contributed by atoms with Gasteiger partial charge in [-0.1, -0.05) is 0 Å². The van der Waals surface area contributed by atoms with Gasteiger partial charge in [-0.05, 0) is 45.4 Å². The zero-order chi connectivity index (χ0) is 9.47. The molecular weight excluding hydrogens is 164 g/mol. The molecule has 3 nitrogen and oxygen atoms in total. The summed E-state index contributed by atoms with van der Waals surface area (Å²) in [6.45, 7) is 3.86. The number of nitrogens with zero attached hydrogens (tertiary/aromatic N) is 2. The second-order valence-electron chi connectivity index (χ2n) is 4.66. The van der Waals surface area contributed by atoms with Crippen LogP contribution in [0.4, 0.5) is 0 Å². The average molecular weight is 182 g/mol. The molecule has 2 fully saturated rings. The highest BCUT2D eigenvalue weighted by Gasteiger charge is 2.40. The van der Waals surface area contributed by atoms with Crippen LogP contribution in [0, 0.1) is 11.8 Å². The Morgan fingerprint density at radius 2 is 1.92 bits per heavy atom. The third kappa shape index (κ3) is 2.27. The van der Waals surface area contributed by atoms with Crippen LogP contribution in [0.3, 0.4) is 0 Å². The molecule has 0 aromatic rings. The van der Waals surface area contributed by atoms with Crippen molar-refractivity contribution in [2.45, 2.75) is 51.3 Å². The third-order valence-electron chi connectivity index (χ3n) is 3.10. The lowest BCUT2D eigenvalue weighted by atomic mass is 10.2. The van der Waals surface area contributed by atoms with Gasteiger partial charge in [0.2, 0.25) is 0 Å². The Labute approximate surface area is 79.3 Å². The minimum atomic E-state index is -0.886. The first kappa shape index (κ1) is 9.13. The molecule has 0 aromatic carbocycles. The van der Waals surface area contributed by atoms with Crippen molar-refractivity contribution in [1.82, 2.24) is 0 Å². The van der Waals surface area contributed by atoms with Gasteiger partial charge in [0.1, 0.15) is 0 Å². The number of aliphatic hydroxyl groups is 1. The van der Waals surface area contributed by atoms with Gasteiger partial charge in [0.25, 0.3) is 0 Å². The average Bonchev–Trinajstić information content (AvgIpc) is 2.89. The molecule has 2 atom stereocenters. The van der Waals surface area contributed by atoms with Crippen molar-refractivity contribution < 1.29 is 5.11 Å². The van der Waals surface area contributed by atoms with Crippen LogP contribution in [0.1, 0.15) is 39.5 Å². The highest BCUT2D eigenvalue weighted by Crippen LogP contribution is 2.41. The molecular formula is C10H18N2O. The maximum atomic E-state index is 9.84. The summed E-state index contributed by atoms with van der Waals surface area (Å²) in [7, 11) is 0. The fourth-order valence-electron chi connectivity index (χ4n) is 1.59. The van der Waals surface area contributed by atoms with E-state index < -0.39 is 5.72 Å². The maximum Gasteiger partial charge on any atom is 0.176 e. The van der Waals surface area contributed by atoms with E-state index in [-0.39, 0.29) is 0 Å². The van der Waals surface area contributed by atoms with Crippen LogP contribution in [-0.4, -0.2) is 16.9 Å². The molecule has 0 bridgehead atoms. The Morgan fingerprint density at radius 3 is 2.38 bits per heavy atom. The minimum Gasteiger partial charge on any atom is -0.368 e. The molecule has 2 saturated carbocycles. The fourth-order valence-corrected chi connectivity index (χ4v) is 1.59. The molecule has 74 valence electrons. The van der Waals surface area contributed by atoms with Crippen LogP contribution in [0.25, 0.3) is 0 Å². The van der Waals surface area contributed by atoms with Gasteiger partial charge in [0.05, 0.1) is 6.04 Å². The van der Waals surface area contributed by atoms with Gasteiger partial charge < -0.3 is 5.11 Å². The summed E-state index contributed by atoms with van der Waals surface area (Å²) in [5.41, 5.74) is -0.886. The van der Waals surface area contributed by atoms with E-state index >= 15 is 0 Å². The number of azo groups is 1. The zero-order valence-electron chi connectivity index (χ0n) is 8.40. The fraction of sp³-hybridized carbons (Fsp3) is 1.00. The van der Waals surface area contributed by atoms with E-state index in [1.54, 1.807) is 6.92 Å². The molecule has 0 saturated heterocycles. The Morgan fingerprint density at radius 1 is 1.31 bits per heavy atom. The largest absolute Gasteiger partial charge is 0.368 e. The van der Waals surface area contributed by atoms with E-state index in [0.717, 1.165) is 18.8 Å². The van der Waals surface area contributed by atoms with Gasteiger partial charge in [-0.3, -0.25) is 0 Å². The normalized spacial score (nSPS) is 30.4. The molecule has 1 N–H and O–H groups in total. The van der Waals surface area contributed by atoms with E-state index in [0.29, 0.717) is 12.0 Å². The summed E-state index contributed by atoms with van der Waals surface area (Å²) in [6, 6.07) is 0.310. The van der Waals surface area contributed by atoms with E-state index in [1.807, 2.05) is 0 Å². The van der Waals surface area contributed by atoms with Gasteiger partial charge in [-0.2, -0.15) is 10.2 Å². The van der Waals surface area contributed by atoms with E-state index in [4.69, 9.17) is 0 Å². The highest BCUT2D eigenvalue weighted by atomic mass is 16.3. The van der Waals surface area contributed by atoms with Crippen LogP contribution in [0.15, 0.2) is 10.2 Å². The first-order valence-electron chi connectivity index (χ1n) is 5.24. The second kappa shape index (κ2) is 3.05. The van der Waals surface area contributed by atoms with Crippen LogP contribution in [0.2, 0.25) is 0 Å². The lowest BCUT2D eigenvalue weighted by molar-refractivity contribution is 0.0367. The Hall–Kier alpha value is -0.440. The van der Waals surface area contributed by atoms with Gasteiger partial charge in [-0.15, -0.1) is 0 Å². The first-order valence-corrected chi connectivity index (χ1v) is 5.24. The lowest BCUT2D eigenvalue weighted by Crippen LogP contribution is -2.23. The summed E-state index contributed by atoms with van der Waals surface area (Å²) < 4.78 is 0. The van der Waals surface area contributed by atoms with Crippen LogP contribution < -0.4 is 0 Å². The van der Waals surface area contributed by atoms with Gasteiger partial charge in [-0.25, -0.2) is 0 Å². The van der Waals surface area contributed by atoms with Crippen molar-refractivity contribution in [2.24, 2.45) is 22.1 Å². The molecule has 2 rings (SSSR count). The number of rotatable bonds is 4. The number of hydrogen-bond acceptors (Lipinski definition) is 3. The molecule has 3 heteroatoms. The molecule has 0 aliphatic heterocycles. The molecule has 2 aliphatic rings. The van der Waals surface area contributed by atoms with Crippen molar-refractivity contribution in [1.29, 1.82) is 0 Å². The summed E-state index contributed by atoms with van der Waals surface area (Å²) >= 11 is 0. The third-order valence-corrected chi connectivity index (χ3v) is 3.10. The van der Waals surface area contributed by atoms with Crippen molar-refractivity contribution in [3.8, 4) is 0 Å². The highest BCUT2D eigenvalue weighted by molar-refractivity contribution is 4.89. The summed E-state index contributed by atoms with van der Waals surface area (Å²) in [5.74, 6) is 1.10. The molecule has 0 heterocycles. The van der Waals surface area contributed by atoms with Crippen molar-refractivity contribution >= 4 is 0 Å². The molecule has 2 unspecified atom stereocenters. The summed E-state index contributed by atoms with van der Waals surface area (Å²) in [6.07, 6.45) is 4.77. The van der Waals surface area contributed by atoms with E-state index in [9.17, 15) is 5.11 Å². The van der Waals surface area contributed by atoms with Crippen molar-refractivity contribution in [3.63, 3.8) is 0 Å². The summed E-state index contributed by atoms with van der Waals surface area (Å²) in [5, 5.41) is 18.1. The first-order chi connectivity index (χ1) is 6.09. The predicted octanol–water partition coefficient (Wildman–Crippen LogP) is 2.36. The standard InChI is InChI=1S/C10H18N2O/c1-7(8-3-4-8)11-12-10(2,13)9-5-6-9/h7-9,13H,3-6H2,1-2H3/b12-11+. The van der Waals surface area contributed by atoms with Crippen molar-refractivity contribution in [2.75, 3.05) is 0 Å². The van der Waals surface area contributed by atoms with Gasteiger partial charge in [0.15, 0.2) is 5.72 Å². The smallest absolute Gasteiger partial charge is 0.176 e. The summed E-state index contributed by atoms with van der Waals surface area (Å²) in [4.78, 5) is 0. The van der Waals surface area contributed by atoms with E-state index in [1.165, 1.54) is 12.8 Å². The Bertz CT molecular complexity index is 217. The second-order valence-corrected chi connectivity index (χ2v) is 4.66. The topological polar surface area (TPSA) is 45.0 Å². The predicted molar refractivity (Wildman–Crippen MR) is 50.4 cm³/mol. The van der Waals surface area contributed by atoms with Crippen LogP contribution in [-0.2, 0) is 0 Å². The Balaban J connectivity index is 1.86. The van der Waals surface area contributed by atoms with Crippen LogP contribution in [0.5, 0.6) is 0 Å². The van der Waals surface area contributed by atoms with Gasteiger partial charge in [0, 0.05) is 5.92 Å². The monoisotopic (exact) mass is 182 g/mol. The van der Waals surface area contributed by atoms with Crippen molar-refractivity contribution in [3.05, 3.63) is 0 Å². The lowest BCUT2D eigenvalue weighted by Gasteiger charge is -2.16. The molecule has 0 radical (unpaired) electrons. The molecule has 0 aromatic heterocycles. The molecule has 0 amide bonds. The molecule has 0 spiro atoms. The molecule has 13 heavy (non-hydrogen) atoms. The SMILES string of the molecule is CC(/N=N/C(C)(O)C1CC1)C1CC1. The minimum absolute atomic E-state index is 0.310. The zero-order valence-corrected chi connectivity index (χ0v) is 8.40.